The molecule has 4 atom stereocenters. The van der Waals surface area contributed by atoms with Crippen LogP contribution in [-0.4, -0.2) is 0 Å². The molecule has 0 aromatic rings. The fourth-order valence-corrected chi connectivity index (χ4v) is 5.29. The Morgan fingerprint density at radius 2 is 1.00 bits per heavy atom. The van der Waals surface area contributed by atoms with E-state index in [4.69, 9.17) is 0 Å². The van der Waals surface area contributed by atoms with Crippen molar-refractivity contribution in [3.63, 3.8) is 0 Å². The zero-order valence-corrected chi connectivity index (χ0v) is 21.8. The van der Waals surface area contributed by atoms with Gasteiger partial charge in [-0.2, -0.15) is 0 Å². The molecule has 0 heterocycles. The van der Waals surface area contributed by atoms with Gasteiger partial charge in [0.15, 0.2) is 0 Å². The van der Waals surface area contributed by atoms with Crippen LogP contribution in [0.3, 0.4) is 0 Å². The van der Waals surface area contributed by atoms with E-state index in [2.05, 4.69) is 69.2 Å². The molecule has 0 heteroatoms. The van der Waals surface area contributed by atoms with E-state index in [1.54, 1.807) is 0 Å². The maximum Gasteiger partial charge on any atom is -0.0354 e. The third-order valence-corrected chi connectivity index (χ3v) is 7.36. The van der Waals surface area contributed by atoms with Gasteiger partial charge in [-0.15, -0.1) is 0 Å². The van der Waals surface area contributed by atoms with Gasteiger partial charge < -0.3 is 0 Å². The summed E-state index contributed by atoms with van der Waals surface area (Å²) >= 11 is 0. The zero-order valence-electron chi connectivity index (χ0n) is 21.8. The van der Waals surface area contributed by atoms with Gasteiger partial charge in [-0.25, -0.2) is 0 Å². The highest BCUT2D eigenvalue weighted by Gasteiger charge is 2.25. The molecule has 0 spiro atoms. The molecule has 0 aliphatic rings. The van der Waals surface area contributed by atoms with Crippen molar-refractivity contribution >= 4 is 0 Å². The van der Waals surface area contributed by atoms with E-state index in [9.17, 15) is 0 Å². The Hall–Kier alpha value is 0. The first kappa shape index (κ1) is 28.0. The molecule has 170 valence electrons. The molecule has 0 rings (SSSR count). The molecular weight excluding hydrogens is 336 g/mol. The Morgan fingerprint density at radius 1 is 0.536 bits per heavy atom. The monoisotopic (exact) mass is 394 g/mol. The Kier molecular flexibility index (Phi) is 14.1. The van der Waals surface area contributed by atoms with Crippen LogP contribution in [0.5, 0.6) is 0 Å². The summed E-state index contributed by atoms with van der Waals surface area (Å²) in [6.07, 6.45) is 17.0. The highest BCUT2D eigenvalue weighted by Crippen LogP contribution is 2.36. The zero-order chi connectivity index (χ0) is 21.8. The van der Waals surface area contributed by atoms with Gasteiger partial charge in [0, 0.05) is 0 Å². The predicted molar refractivity (Wildman–Crippen MR) is 131 cm³/mol. The van der Waals surface area contributed by atoms with Crippen LogP contribution in [-0.2, 0) is 0 Å². The Labute approximate surface area is 181 Å². The van der Waals surface area contributed by atoms with E-state index in [0.29, 0.717) is 10.8 Å². The largest absolute Gasteiger partial charge is 0.0651 e. The van der Waals surface area contributed by atoms with Crippen LogP contribution in [0, 0.1) is 34.5 Å². The topological polar surface area (TPSA) is 0 Å². The predicted octanol–water partition coefficient (Wildman–Crippen LogP) is 10.3. The van der Waals surface area contributed by atoms with Crippen molar-refractivity contribution in [2.24, 2.45) is 34.5 Å². The van der Waals surface area contributed by atoms with Crippen LogP contribution < -0.4 is 0 Å². The van der Waals surface area contributed by atoms with Crippen molar-refractivity contribution in [1.82, 2.24) is 0 Å². The van der Waals surface area contributed by atoms with Gasteiger partial charge in [-0.05, 0) is 53.8 Å². The van der Waals surface area contributed by atoms with Crippen LogP contribution >= 0.6 is 0 Å². The lowest BCUT2D eigenvalue weighted by Gasteiger charge is -2.33. The summed E-state index contributed by atoms with van der Waals surface area (Å²) in [5.74, 6) is 3.72. The van der Waals surface area contributed by atoms with Crippen molar-refractivity contribution in [2.75, 3.05) is 0 Å². The molecule has 0 bridgehead atoms. The third-order valence-electron chi connectivity index (χ3n) is 7.36. The molecule has 0 N–H and O–H groups in total. The summed E-state index contributed by atoms with van der Waals surface area (Å²) in [6.45, 7) is 24.1. The van der Waals surface area contributed by atoms with Gasteiger partial charge in [-0.1, -0.05) is 127 Å². The van der Waals surface area contributed by atoms with Gasteiger partial charge in [0.2, 0.25) is 0 Å². The fraction of sp³-hybridized carbons (Fsp3) is 1.00. The SMILES string of the molecule is CCC(CCCCCC(CC)CC(CC)C(C)(C)C)CC(CC)CC(C)(C)C. The van der Waals surface area contributed by atoms with E-state index in [-0.39, 0.29) is 0 Å². The maximum absolute atomic E-state index is 2.43. The van der Waals surface area contributed by atoms with Gasteiger partial charge in [0.25, 0.3) is 0 Å². The quantitative estimate of drug-likeness (QED) is 0.242. The van der Waals surface area contributed by atoms with E-state index >= 15 is 0 Å². The summed E-state index contributed by atoms with van der Waals surface area (Å²) < 4.78 is 0. The van der Waals surface area contributed by atoms with E-state index < -0.39 is 0 Å². The normalized spacial score (nSPS) is 17.4. The summed E-state index contributed by atoms with van der Waals surface area (Å²) in [7, 11) is 0. The number of hydrogen-bond acceptors (Lipinski definition) is 0. The van der Waals surface area contributed by atoms with Crippen molar-refractivity contribution < 1.29 is 0 Å². The molecule has 4 unspecified atom stereocenters. The van der Waals surface area contributed by atoms with E-state index in [1.165, 1.54) is 77.0 Å². The molecule has 0 nitrogen and oxygen atoms in total. The molecule has 0 fully saturated rings. The summed E-state index contributed by atoms with van der Waals surface area (Å²) in [4.78, 5) is 0. The van der Waals surface area contributed by atoms with Crippen molar-refractivity contribution in [2.45, 2.75) is 146 Å². The first-order valence-electron chi connectivity index (χ1n) is 13.0. The average Bonchev–Trinajstić information content (AvgIpc) is 2.59. The minimum absolute atomic E-state index is 0.472. The van der Waals surface area contributed by atoms with E-state index in [1.807, 2.05) is 0 Å². The van der Waals surface area contributed by atoms with Gasteiger partial charge in [-0.3, -0.25) is 0 Å². The molecule has 0 saturated heterocycles. The fourth-order valence-electron chi connectivity index (χ4n) is 5.29. The Balaban J connectivity index is 4.22. The number of hydrogen-bond donors (Lipinski definition) is 0. The molecule has 28 heavy (non-hydrogen) atoms. The van der Waals surface area contributed by atoms with Gasteiger partial charge in [0.1, 0.15) is 0 Å². The van der Waals surface area contributed by atoms with Gasteiger partial charge in [0.05, 0.1) is 0 Å². The molecule has 0 aliphatic heterocycles. The Morgan fingerprint density at radius 3 is 1.36 bits per heavy atom. The Bertz CT molecular complexity index is 353. The third kappa shape index (κ3) is 13.3. The van der Waals surface area contributed by atoms with Crippen LogP contribution in [0.1, 0.15) is 146 Å². The second-order valence-corrected chi connectivity index (χ2v) is 12.2. The van der Waals surface area contributed by atoms with Crippen molar-refractivity contribution in [3.8, 4) is 0 Å². The second-order valence-electron chi connectivity index (χ2n) is 12.2. The number of unbranched alkanes of at least 4 members (excludes halogenated alkanes) is 2. The minimum atomic E-state index is 0.472. The second kappa shape index (κ2) is 14.1. The summed E-state index contributed by atoms with van der Waals surface area (Å²) in [5, 5.41) is 0. The molecule has 0 aromatic heterocycles. The standard InChI is InChI=1S/C28H58/c1-11-23(20-25(13-3)22-27(5,6)7)18-16-15-17-19-24(12-2)21-26(14-4)28(8,9)10/h23-26H,11-22H2,1-10H3. The highest BCUT2D eigenvalue weighted by atomic mass is 14.3. The van der Waals surface area contributed by atoms with Gasteiger partial charge >= 0.3 is 0 Å². The maximum atomic E-state index is 2.43. The van der Waals surface area contributed by atoms with Crippen molar-refractivity contribution in [1.29, 1.82) is 0 Å². The van der Waals surface area contributed by atoms with Crippen LogP contribution in [0.4, 0.5) is 0 Å². The molecule has 0 radical (unpaired) electrons. The molecular formula is C28H58. The first-order valence-corrected chi connectivity index (χ1v) is 13.0. The average molecular weight is 395 g/mol. The van der Waals surface area contributed by atoms with Crippen LogP contribution in [0.15, 0.2) is 0 Å². The van der Waals surface area contributed by atoms with Crippen molar-refractivity contribution in [3.05, 3.63) is 0 Å². The molecule has 0 amide bonds. The smallest absolute Gasteiger partial charge is 0.0354 e. The molecule has 0 aliphatic carbocycles. The lowest BCUT2D eigenvalue weighted by Crippen LogP contribution is -2.22. The minimum Gasteiger partial charge on any atom is -0.0651 e. The highest BCUT2D eigenvalue weighted by molar-refractivity contribution is 4.76. The molecule has 0 saturated carbocycles. The lowest BCUT2D eigenvalue weighted by atomic mass is 9.73. The lowest BCUT2D eigenvalue weighted by molar-refractivity contribution is 0.181. The summed E-state index contributed by atoms with van der Waals surface area (Å²) in [5.41, 5.74) is 0.955. The van der Waals surface area contributed by atoms with Crippen LogP contribution in [0.25, 0.3) is 0 Å². The number of rotatable bonds is 15. The molecule has 0 aromatic carbocycles. The first-order chi connectivity index (χ1) is 13.0. The van der Waals surface area contributed by atoms with E-state index in [0.717, 1.165) is 23.7 Å². The summed E-state index contributed by atoms with van der Waals surface area (Å²) in [6, 6.07) is 0. The van der Waals surface area contributed by atoms with Crippen LogP contribution in [0.2, 0.25) is 0 Å².